The number of halogens is 1. The normalized spacial score (nSPS) is 15.0. The summed E-state index contributed by atoms with van der Waals surface area (Å²) in [6.45, 7) is 2.44. The fourth-order valence-electron chi connectivity index (χ4n) is 1.90. The molecular weight excluding hydrogens is 238 g/mol. The quantitative estimate of drug-likeness (QED) is 0.895. The van der Waals surface area contributed by atoms with Crippen LogP contribution in [-0.2, 0) is 4.79 Å². The van der Waals surface area contributed by atoms with Crippen molar-refractivity contribution >= 4 is 23.3 Å². The molecular formula is C12H16ClN3O. The van der Waals surface area contributed by atoms with Crippen molar-refractivity contribution < 1.29 is 4.79 Å². The first-order chi connectivity index (χ1) is 8.25. The lowest BCUT2D eigenvalue weighted by molar-refractivity contribution is -0.129. The van der Waals surface area contributed by atoms with E-state index >= 15 is 0 Å². The van der Waals surface area contributed by atoms with Gasteiger partial charge in [-0.15, -0.1) is 0 Å². The molecule has 2 heterocycles. The molecule has 0 aliphatic carbocycles. The molecule has 4 nitrogen and oxygen atoms in total. The average Bonchev–Trinajstić information content (AvgIpc) is 2.85. The van der Waals surface area contributed by atoms with Gasteiger partial charge in [0.25, 0.3) is 0 Å². The van der Waals surface area contributed by atoms with Crippen molar-refractivity contribution in [3.05, 3.63) is 23.4 Å². The molecule has 17 heavy (non-hydrogen) atoms. The topological polar surface area (TPSA) is 45.2 Å². The lowest BCUT2D eigenvalue weighted by Crippen LogP contribution is -2.29. The zero-order valence-electron chi connectivity index (χ0n) is 9.66. The summed E-state index contributed by atoms with van der Waals surface area (Å²) < 4.78 is 0. The summed E-state index contributed by atoms with van der Waals surface area (Å²) in [6, 6.07) is 3.59. The molecule has 0 bridgehead atoms. The van der Waals surface area contributed by atoms with E-state index in [-0.39, 0.29) is 5.91 Å². The highest BCUT2D eigenvalue weighted by atomic mass is 35.5. The van der Waals surface area contributed by atoms with E-state index in [4.69, 9.17) is 11.6 Å². The van der Waals surface area contributed by atoms with E-state index in [0.717, 1.165) is 31.7 Å². The maximum Gasteiger partial charge on any atom is 0.224 e. The van der Waals surface area contributed by atoms with E-state index in [1.807, 2.05) is 11.0 Å². The summed E-state index contributed by atoms with van der Waals surface area (Å²) in [5.74, 6) is 0.979. The van der Waals surface area contributed by atoms with Gasteiger partial charge in [-0.2, -0.15) is 0 Å². The van der Waals surface area contributed by atoms with E-state index < -0.39 is 0 Å². The highest BCUT2D eigenvalue weighted by Gasteiger charge is 2.16. The van der Waals surface area contributed by atoms with E-state index in [0.29, 0.717) is 18.0 Å². The summed E-state index contributed by atoms with van der Waals surface area (Å²) in [5.41, 5.74) is 0. The van der Waals surface area contributed by atoms with E-state index in [1.165, 1.54) is 0 Å². The summed E-state index contributed by atoms with van der Waals surface area (Å²) in [5, 5.41) is 3.72. The Morgan fingerprint density at radius 1 is 1.41 bits per heavy atom. The van der Waals surface area contributed by atoms with Gasteiger partial charge in [0.2, 0.25) is 5.91 Å². The van der Waals surface area contributed by atoms with Crippen LogP contribution in [-0.4, -0.2) is 35.4 Å². The van der Waals surface area contributed by atoms with Crippen LogP contribution < -0.4 is 5.32 Å². The predicted molar refractivity (Wildman–Crippen MR) is 68.2 cm³/mol. The Balaban J connectivity index is 1.72. The number of amides is 1. The van der Waals surface area contributed by atoms with E-state index in [9.17, 15) is 4.79 Å². The Morgan fingerprint density at radius 2 is 2.18 bits per heavy atom. The van der Waals surface area contributed by atoms with Crippen LogP contribution in [0.2, 0.25) is 5.02 Å². The standard InChI is InChI=1S/C12H16ClN3O/c13-10-3-4-11(15-9-10)14-6-5-12(17)16-7-1-2-8-16/h3-4,9H,1-2,5-8H2,(H,14,15). The van der Waals surface area contributed by atoms with Gasteiger partial charge >= 0.3 is 0 Å². The molecule has 0 radical (unpaired) electrons. The van der Waals surface area contributed by atoms with E-state index in [2.05, 4.69) is 10.3 Å². The number of hydrogen-bond acceptors (Lipinski definition) is 3. The van der Waals surface area contributed by atoms with E-state index in [1.54, 1.807) is 12.3 Å². The van der Waals surface area contributed by atoms with Gasteiger partial charge in [0.1, 0.15) is 5.82 Å². The minimum absolute atomic E-state index is 0.226. The summed E-state index contributed by atoms with van der Waals surface area (Å²) >= 11 is 5.73. The summed E-state index contributed by atoms with van der Waals surface area (Å²) in [6.07, 6.45) is 4.38. The fraction of sp³-hybridized carbons (Fsp3) is 0.500. The lowest BCUT2D eigenvalue weighted by Gasteiger charge is -2.15. The van der Waals surface area contributed by atoms with Crippen molar-refractivity contribution in [1.29, 1.82) is 0 Å². The average molecular weight is 254 g/mol. The van der Waals surface area contributed by atoms with Gasteiger partial charge in [-0.25, -0.2) is 4.98 Å². The lowest BCUT2D eigenvalue weighted by atomic mass is 10.3. The van der Waals surface area contributed by atoms with Crippen molar-refractivity contribution in [3.8, 4) is 0 Å². The highest BCUT2D eigenvalue weighted by Crippen LogP contribution is 2.11. The SMILES string of the molecule is O=C(CCNc1ccc(Cl)cn1)N1CCCC1. The minimum atomic E-state index is 0.226. The first-order valence-electron chi connectivity index (χ1n) is 5.89. The largest absolute Gasteiger partial charge is 0.370 e. The molecule has 1 aliphatic heterocycles. The molecule has 1 aromatic heterocycles. The molecule has 1 aromatic rings. The Labute approximate surface area is 106 Å². The van der Waals surface area contributed by atoms with Crippen LogP contribution in [0.4, 0.5) is 5.82 Å². The van der Waals surface area contributed by atoms with Crippen LogP contribution in [0.3, 0.4) is 0 Å². The second kappa shape index (κ2) is 5.87. The smallest absolute Gasteiger partial charge is 0.224 e. The van der Waals surface area contributed by atoms with Gasteiger partial charge in [-0.1, -0.05) is 11.6 Å². The van der Waals surface area contributed by atoms with Gasteiger partial charge in [-0.05, 0) is 25.0 Å². The van der Waals surface area contributed by atoms with Crippen LogP contribution in [0.5, 0.6) is 0 Å². The molecule has 0 unspecified atom stereocenters. The number of hydrogen-bond donors (Lipinski definition) is 1. The minimum Gasteiger partial charge on any atom is -0.370 e. The molecule has 1 aliphatic rings. The number of carbonyl (C=O) groups excluding carboxylic acids is 1. The van der Waals surface area contributed by atoms with Gasteiger partial charge in [-0.3, -0.25) is 4.79 Å². The monoisotopic (exact) mass is 253 g/mol. The van der Waals surface area contributed by atoms with Crippen molar-refractivity contribution in [1.82, 2.24) is 9.88 Å². The van der Waals surface area contributed by atoms with Crippen LogP contribution in [0.1, 0.15) is 19.3 Å². The van der Waals surface area contributed by atoms with Crippen LogP contribution in [0, 0.1) is 0 Å². The number of anilines is 1. The van der Waals surface area contributed by atoms with Crippen molar-refractivity contribution in [2.75, 3.05) is 25.0 Å². The predicted octanol–water partition coefficient (Wildman–Crippen LogP) is 2.16. The van der Waals surface area contributed by atoms with Crippen LogP contribution >= 0.6 is 11.6 Å². The second-order valence-corrected chi connectivity index (χ2v) is 4.56. The first kappa shape index (κ1) is 12.2. The maximum absolute atomic E-state index is 11.7. The van der Waals surface area contributed by atoms with Crippen LogP contribution in [0.25, 0.3) is 0 Å². The second-order valence-electron chi connectivity index (χ2n) is 4.13. The van der Waals surface area contributed by atoms with Crippen molar-refractivity contribution in [3.63, 3.8) is 0 Å². The highest BCUT2D eigenvalue weighted by molar-refractivity contribution is 6.30. The molecule has 1 saturated heterocycles. The van der Waals surface area contributed by atoms with Crippen molar-refractivity contribution in [2.24, 2.45) is 0 Å². The molecule has 5 heteroatoms. The molecule has 1 amide bonds. The van der Waals surface area contributed by atoms with Gasteiger partial charge in [0.05, 0.1) is 5.02 Å². The first-order valence-corrected chi connectivity index (χ1v) is 6.27. The van der Waals surface area contributed by atoms with Crippen LogP contribution in [0.15, 0.2) is 18.3 Å². The van der Waals surface area contributed by atoms with Crippen molar-refractivity contribution in [2.45, 2.75) is 19.3 Å². The summed E-state index contributed by atoms with van der Waals surface area (Å²) in [7, 11) is 0. The number of likely N-dealkylation sites (tertiary alicyclic amines) is 1. The number of rotatable bonds is 4. The van der Waals surface area contributed by atoms with Gasteiger partial charge in [0.15, 0.2) is 0 Å². The Bertz CT molecular complexity index is 374. The molecule has 0 spiro atoms. The molecule has 2 rings (SSSR count). The Morgan fingerprint density at radius 3 is 2.82 bits per heavy atom. The zero-order valence-corrected chi connectivity index (χ0v) is 10.4. The fourth-order valence-corrected chi connectivity index (χ4v) is 2.01. The Hall–Kier alpha value is -1.29. The number of carbonyl (C=O) groups is 1. The third kappa shape index (κ3) is 3.60. The summed E-state index contributed by atoms with van der Waals surface area (Å²) in [4.78, 5) is 17.8. The zero-order chi connectivity index (χ0) is 12.1. The molecule has 1 fully saturated rings. The van der Waals surface area contributed by atoms with Gasteiger partial charge < -0.3 is 10.2 Å². The van der Waals surface area contributed by atoms with Gasteiger partial charge in [0, 0.05) is 32.3 Å². The third-order valence-electron chi connectivity index (χ3n) is 2.83. The molecule has 0 atom stereocenters. The molecule has 1 N–H and O–H groups in total. The number of nitrogens with one attached hydrogen (secondary N) is 1. The Kier molecular flexibility index (Phi) is 4.20. The molecule has 92 valence electrons. The number of aromatic nitrogens is 1. The number of pyridine rings is 1. The third-order valence-corrected chi connectivity index (χ3v) is 3.05. The number of nitrogens with zero attached hydrogens (tertiary/aromatic N) is 2. The molecule has 0 saturated carbocycles. The molecule has 0 aromatic carbocycles. The maximum atomic E-state index is 11.7.